The van der Waals surface area contributed by atoms with Crippen LogP contribution in [-0.4, -0.2) is 93.3 Å². The quantitative estimate of drug-likeness (QED) is 0.679. The first-order valence-electron chi connectivity index (χ1n) is 9.02. The van der Waals surface area contributed by atoms with E-state index >= 15 is 0 Å². The van der Waals surface area contributed by atoms with Crippen LogP contribution in [0.4, 0.5) is 10.5 Å². The monoisotopic (exact) mass is 410 g/mol. The molecule has 0 N–H and O–H groups in total. The molecule has 0 atom stereocenters. The lowest BCUT2D eigenvalue weighted by molar-refractivity contribution is -0.132. The molecule has 3 heterocycles. The molecule has 10 nitrogen and oxygen atoms in total. The van der Waals surface area contributed by atoms with Crippen LogP contribution in [0.3, 0.4) is 0 Å². The first-order chi connectivity index (χ1) is 13.3. The molecule has 0 aliphatic carbocycles. The third-order valence-electron chi connectivity index (χ3n) is 5.15. The van der Waals surface area contributed by atoms with Crippen molar-refractivity contribution >= 4 is 27.6 Å². The maximum atomic E-state index is 12.7. The van der Waals surface area contributed by atoms with Crippen molar-refractivity contribution in [3.63, 3.8) is 0 Å². The Labute approximate surface area is 163 Å². The van der Waals surface area contributed by atoms with Crippen LogP contribution in [0, 0.1) is 0 Å². The highest BCUT2D eigenvalue weighted by molar-refractivity contribution is 7.88. The lowest BCUT2D eigenvalue weighted by atomic mass is 10.2. The van der Waals surface area contributed by atoms with Gasteiger partial charge in [-0.1, -0.05) is 0 Å². The average Bonchev–Trinajstić information content (AvgIpc) is 3.27. The molecule has 0 radical (unpaired) electrons. The van der Waals surface area contributed by atoms with Gasteiger partial charge >= 0.3 is 6.03 Å². The molecule has 11 heteroatoms. The Kier molecular flexibility index (Phi) is 4.79. The van der Waals surface area contributed by atoms with Gasteiger partial charge in [-0.3, -0.25) is 9.69 Å². The fourth-order valence-corrected chi connectivity index (χ4v) is 4.38. The molecular weight excluding hydrogens is 388 g/mol. The smallest absolute Gasteiger partial charge is 0.325 e. The lowest BCUT2D eigenvalue weighted by Crippen LogP contribution is -2.52. The summed E-state index contributed by atoms with van der Waals surface area (Å²) in [4.78, 5) is 30.0. The second-order valence-electron chi connectivity index (χ2n) is 6.94. The maximum absolute atomic E-state index is 12.7. The Balaban J connectivity index is 1.35. The van der Waals surface area contributed by atoms with E-state index < -0.39 is 10.0 Å². The van der Waals surface area contributed by atoms with Crippen molar-refractivity contribution in [3.05, 3.63) is 18.2 Å². The van der Waals surface area contributed by atoms with Gasteiger partial charge in [-0.25, -0.2) is 13.2 Å². The number of nitrogens with zero attached hydrogens (tertiary/aromatic N) is 4. The summed E-state index contributed by atoms with van der Waals surface area (Å²) in [7, 11) is -3.24. The van der Waals surface area contributed by atoms with Gasteiger partial charge in [-0.2, -0.15) is 4.31 Å². The van der Waals surface area contributed by atoms with Gasteiger partial charge in [0, 0.05) is 51.0 Å². The Morgan fingerprint density at radius 1 is 1.04 bits per heavy atom. The number of benzene rings is 1. The van der Waals surface area contributed by atoms with Crippen molar-refractivity contribution < 1.29 is 27.5 Å². The predicted octanol–water partition coefficient (Wildman–Crippen LogP) is -0.239. The van der Waals surface area contributed by atoms with Crippen LogP contribution in [0.5, 0.6) is 11.5 Å². The number of sulfonamides is 1. The van der Waals surface area contributed by atoms with Gasteiger partial charge < -0.3 is 19.3 Å². The molecule has 28 heavy (non-hydrogen) atoms. The number of hydrogen-bond donors (Lipinski definition) is 0. The fourth-order valence-electron chi connectivity index (χ4n) is 3.55. The van der Waals surface area contributed by atoms with Gasteiger partial charge in [0.05, 0.1) is 6.26 Å². The van der Waals surface area contributed by atoms with E-state index in [2.05, 4.69) is 0 Å². The maximum Gasteiger partial charge on any atom is 0.325 e. The summed E-state index contributed by atoms with van der Waals surface area (Å²) in [6.07, 6.45) is 1.16. The van der Waals surface area contributed by atoms with Crippen molar-refractivity contribution in [2.75, 3.05) is 63.8 Å². The second kappa shape index (κ2) is 7.13. The molecule has 4 rings (SSSR count). The summed E-state index contributed by atoms with van der Waals surface area (Å²) in [5, 5.41) is 0. The highest BCUT2D eigenvalue weighted by atomic mass is 32.2. The normalized spacial score (nSPS) is 20.2. The summed E-state index contributed by atoms with van der Waals surface area (Å²) >= 11 is 0. The summed E-state index contributed by atoms with van der Waals surface area (Å²) in [6.45, 7) is 2.30. The molecular formula is C17H22N4O6S. The van der Waals surface area contributed by atoms with Crippen molar-refractivity contribution in [2.45, 2.75) is 0 Å². The van der Waals surface area contributed by atoms with Gasteiger partial charge in [0.25, 0.3) is 0 Å². The minimum absolute atomic E-state index is 0.0151. The van der Waals surface area contributed by atoms with E-state index in [1.165, 1.54) is 9.21 Å². The second-order valence-corrected chi connectivity index (χ2v) is 8.92. The zero-order valence-electron chi connectivity index (χ0n) is 15.5. The molecule has 3 aliphatic heterocycles. The number of carbonyl (C=O) groups excluding carboxylic acids is 2. The van der Waals surface area contributed by atoms with Crippen LogP contribution in [0.15, 0.2) is 18.2 Å². The summed E-state index contributed by atoms with van der Waals surface area (Å²) < 4.78 is 35.1. The van der Waals surface area contributed by atoms with E-state index in [1.54, 1.807) is 28.0 Å². The average molecular weight is 410 g/mol. The van der Waals surface area contributed by atoms with Crippen LogP contribution < -0.4 is 14.4 Å². The van der Waals surface area contributed by atoms with Crippen LogP contribution in [0.25, 0.3) is 0 Å². The predicted molar refractivity (Wildman–Crippen MR) is 99.9 cm³/mol. The Hall–Kier alpha value is -2.53. The Bertz CT molecular complexity index is 897. The van der Waals surface area contributed by atoms with Crippen molar-refractivity contribution in [1.29, 1.82) is 0 Å². The lowest BCUT2D eigenvalue weighted by Gasteiger charge is -2.34. The molecule has 2 saturated heterocycles. The molecule has 1 aromatic rings. The van der Waals surface area contributed by atoms with E-state index in [9.17, 15) is 18.0 Å². The standard InChI is InChI=1S/C17H22N4O6S/c1-28(24,25)20-7-4-18(5-8-20)16(22)11-19-6-9-21(17(19)23)13-2-3-14-15(10-13)27-12-26-14/h2-3,10H,4-9,11-12H2,1H3. The Morgan fingerprint density at radius 3 is 2.46 bits per heavy atom. The zero-order chi connectivity index (χ0) is 19.9. The van der Waals surface area contributed by atoms with Crippen molar-refractivity contribution in [3.8, 4) is 11.5 Å². The minimum Gasteiger partial charge on any atom is -0.454 e. The van der Waals surface area contributed by atoms with Crippen LogP contribution in [0.2, 0.25) is 0 Å². The number of ether oxygens (including phenoxy) is 2. The number of piperazine rings is 1. The number of urea groups is 1. The third-order valence-corrected chi connectivity index (χ3v) is 6.45. The third kappa shape index (κ3) is 3.59. The highest BCUT2D eigenvalue weighted by Crippen LogP contribution is 2.36. The van der Waals surface area contributed by atoms with Crippen LogP contribution in [-0.2, 0) is 14.8 Å². The minimum atomic E-state index is -3.24. The van der Waals surface area contributed by atoms with Gasteiger partial charge in [0.15, 0.2) is 11.5 Å². The molecule has 0 unspecified atom stereocenters. The number of fused-ring (bicyclic) bond motifs is 1. The molecule has 1 aromatic carbocycles. The first-order valence-corrected chi connectivity index (χ1v) is 10.9. The van der Waals surface area contributed by atoms with Gasteiger partial charge in [0.2, 0.25) is 22.7 Å². The van der Waals surface area contributed by atoms with E-state index in [4.69, 9.17) is 9.47 Å². The van der Waals surface area contributed by atoms with Gasteiger partial charge in [0.1, 0.15) is 6.54 Å². The highest BCUT2D eigenvalue weighted by Gasteiger charge is 2.34. The SMILES string of the molecule is CS(=O)(=O)N1CCN(C(=O)CN2CCN(c3ccc4c(c3)OCO4)C2=O)CC1. The fraction of sp³-hybridized carbons (Fsp3) is 0.529. The zero-order valence-corrected chi connectivity index (χ0v) is 16.4. The molecule has 0 saturated carbocycles. The van der Waals surface area contributed by atoms with Crippen molar-refractivity contribution in [2.24, 2.45) is 0 Å². The summed E-state index contributed by atoms with van der Waals surface area (Å²) in [6, 6.07) is 5.08. The number of hydrogen-bond acceptors (Lipinski definition) is 6. The van der Waals surface area contributed by atoms with E-state index in [0.717, 1.165) is 6.26 Å². The molecule has 0 aromatic heterocycles. The molecule has 3 aliphatic rings. The van der Waals surface area contributed by atoms with Gasteiger partial charge in [-0.15, -0.1) is 0 Å². The molecule has 3 amide bonds. The van der Waals surface area contributed by atoms with E-state index in [-0.39, 0.29) is 38.4 Å². The first kappa shape index (κ1) is 18.8. The van der Waals surface area contributed by atoms with Crippen LogP contribution >= 0.6 is 0 Å². The topological polar surface area (TPSA) is 99.7 Å². The van der Waals surface area contributed by atoms with E-state index in [0.29, 0.717) is 43.4 Å². The van der Waals surface area contributed by atoms with Crippen LogP contribution in [0.1, 0.15) is 0 Å². The molecule has 0 bridgehead atoms. The number of carbonyl (C=O) groups is 2. The molecule has 0 spiro atoms. The molecule has 152 valence electrons. The van der Waals surface area contributed by atoms with Gasteiger partial charge in [-0.05, 0) is 12.1 Å². The number of anilines is 1. The summed E-state index contributed by atoms with van der Waals surface area (Å²) in [5.41, 5.74) is 0.700. The largest absolute Gasteiger partial charge is 0.454 e. The van der Waals surface area contributed by atoms with E-state index in [1.807, 2.05) is 0 Å². The Morgan fingerprint density at radius 2 is 1.75 bits per heavy atom. The number of rotatable bonds is 4. The summed E-state index contributed by atoms with van der Waals surface area (Å²) in [5.74, 6) is 1.08. The number of amides is 3. The van der Waals surface area contributed by atoms with Crippen molar-refractivity contribution in [1.82, 2.24) is 14.1 Å². The molecule has 2 fully saturated rings.